The topological polar surface area (TPSA) is 29.1 Å². The maximum Gasteiger partial charge on any atom is 0.224 e. The number of hydrogen-bond acceptors (Lipinski definition) is 1. The molecule has 1 atom stereocenters. The van der Waals surface area contributed by atoms with Gasteiger partial charge in [-0.1, -0.05) is 13.0 Å². The lowest BCUT2D eigenvalue weighted by Gasteiger charge is -2.12. The maximum atomic E-state index is 10.7. The summed E-state index contributed by atoms with van der Waals surface area (Å²) in [5.41, 5.74) is 0. The van der Waals surface area contributed by atoms with E-state index in [1.807, 2.05) is 6.08 Å². The Bertz CT molecular complexity index is 140. The molecular weight excluding hydrogens is 114 g/mol. The van der Waals surface area contributed by atoms with Crippen LogP contribution in [0.2, 0.25) is 0 Å². The SMILES string of the molecule is CC[C@H]1C=CNC(=O)C1. The van der Waals surface area contributed by atoms with Crippen LogP contribution in [-0.2, 0) is 4.79 Å². The fourth-order valence-corrected chi connectivity index (χ4v) is 0.923. The summed E-state index contributed by atoms with van der Waals surface area (Å²) in [6, 6.07) is 0. The van der Waals surface area contributed by atoms with E-state index in [2.05, 4.69) is 12.2 Å². The highest BCUT2D eigenvalue weighted by Gasteiger charge is 2.11. The van der Waals surface area contributed by atoms with Gasteiger partial charge in [0.25, 0.3) is 0 Å². The summed E-state index contributed by atoms with van der Waals surface area (Å²) >= 11 is 0. The molecule has 0 aromatic carbocycles. The molecule has 1 N–H and O–H groups in total. The largest absolute Gasteiger partial charge is 0.333 e. The third kappa shape index (κ3) is 1.56. The van der Waals surface area contributed by atoms with Crippen LogP contribution in [0.1, 0.15) is 19.8 Å². The molecule has 0 radical (unpaired) electrons. The van der Waals surface area contributed by atoms with Gasteiger partial charge in [0.1, 0.15) is 0 Å². The first-order chi connectivity index (χ1) is 4.33. The lowest BCUT2D eigenvalue weighted by molar-refractivity contribution is -0.121. The third-order valence-corrected chi connectivity index (χ3v) is 1.58. The summed E-state index contributed by atoms with van der Waals surface area (Å²) in [5, 5.41) is 2.63. The molecule has 2 heteroatoms. The van der Waals surface area contributed by atoms with Gasteiger partial charge in [0.15, 0.2) is 0 Å². The minimum absolute atomic E-state index is 0.143. The number of amides is 1. The summed E-state index contributed by atoms with van der Waals surface area (Å²) < 4.78 is 0. The molecule has 1 heterocycles. The first-order valence-electron chi connectivity index (χ1n) is 3.29. The van der Waals surface area contributed by atoms with Gasteiger partial charge in [0.2, 0.25) is 5.91 Å². The van der Waals surface area contributed by atoms with Crippen molar-refractivity contribution in [2.45, 2.75) is 19.8 Å². The number of nitrogens with one attached hydrogen (secondary N) is 1. The van der Waals surface area contributed by atoms with Crippen molar-refractivity contribution in [3.05, 3.63) is 12.3 Å². The molecular formula is C7H11NO. The van der Waals surface area contributed by atoms with E-state index in [9.17, 15) is 4.79 Å². The molecule has 2 nitrogen and oxygen atoms in total. The Morgan fingerprint density at radius 1 is 1.89 bits per heavy atom. The standard InChI is InChI=1S/C7H11NO/c1-2-6-3-4-8-7(9)5-6/h3-4,6H,2,5H2,1H3,(H,8,9)/t6-/m0/s1. The van der Waals surface area contributed by atoms with Crippen LogP contribution in [0.15, 0.2) is 12.3 Å². The number of allylic oxidation sites excluding steroid dienone is 1. The van der Waals surface area contributed by atoms with E-state index in [-0.39, 0.29) is 5.91 Å². The second-order valence-corrected chi connectivity index (χ2v) is 2.30. The Kier molecular flexibility index (Phi) is 1.88. The van der Waals surface area contributed by atoms with Gasteiger partial charge in [-0.25, -0.2) is 0 Å². The third-order valence-electron chi connectivity index (χ3n) is 1.58. The summed E-state index contributed by atoms with van der Waals surface area (Å²) in [7, 11) is 0. The Labute approximate surface area is 54.9 Å². The maximum absolute atomic E-state index is 10.7. The molecule has 0 unspecified atom stereocenters. The monoisotopic (exact) mass is 125 g/mol. The average Bonchev–Trinajstić information content (AvgIpc) is 1.88. The van der Waals surface area contributed by atoms with E-state index < -0.39 is 0 Å². The molecule has 50 valence electrons. The van der Waals surface area contributed by atoms with Crippen molar-refractivity contribution < 1.29 is 4.79 Å². The second kappa shape index (κ2) is 2.67. The highest BCUT2D eigenvalue weighted by atomic mass is 16.1. The molecule has 0 saturated carbocycles. The summed E-state index contributed by atoms with van der Waals surface area (Å²) in [5.74, 6) is 0.614. The fourth-order valence-electron chi connectivity index (χ4n) is 0.923. The molecule has 9 heavy (non-hydrogen) atoms. The van der Waals surface area contributed by atoms with Crippen LogP contribution in [0.5, 0.6) is 0 Å². The van der Waals surface area contributed by atoms with E-state index in [0.29, 0.717) is 12.3 Å². The zero-order chi connectivity index (χ0) is 6.69. The first-order valence-corrected chi connectivity index (χ1v) is 3.29. The van der Waals surface area contributed by atoms with Crippen LogP contribution < -0.4 is 5.32 Å². The Balaban J connectivity index is 2.49. The fraction of sp³-hybridized carbons (Fsp3) is 0.571. The number of hydrogen-bond donors (Lipinski definition) is 1. The average molecular weight is 125 g/mol. The van der Waals surface area contributed by atoms with Crippen LogP contribution >= 0.6 is 0 Å². The Hall–Kier alpha value is -0.790. The lowest BCUT2D eigenvalue weighted by Crippen LogP contribution is -2.23. The molecule has 1 aliphatic rings. The molecule has 0 aromatic rings. The van der Waals surface area contributed by atoms with Gasteiger partial charge in [0.05, 0.1) is 0 Å². The molecule has 0 saturated heterocycles. The van der Waals surface area contributed by atoms with Crippen LogP contribution in [0.3, 0.4) is 0 Å². The quantitative estimate of drug-likeness (QED) is 0.557. The molecule has 0 aliphatic carbocycles. The molecule has 0 aromatic heterocycles. The molecule has 0 bridgehead atoms. The predicted octanol–water partition coefficient (Wildman–Crippen LogP) is 1.05. The van der Waals surface area contributed by atoms with Crippen molar-refractivity contribution in [2.24, 2.45) is 5.92 Å². The Morgan fingerprint density at radius 3 is 3.11 bits per heavy atom. The van der Waals surface area contributed by atoms with Gasteiger partial charge in [0, 0.05) is 12.6 Å². The molecule has 0 spiro atoms. The second-order valence-electron chi connectivity index (χ2n) is 2.30. The van der Waals surface area contributed by atoms with Crippen molar-refractivity contribution >= 4 is 5.91 Å². The van der Waals surface area contributed by atoms with Crippen molar-refractivity contribution in [2.75, 3.05) is 0 Å². The van der Waals surface area contributed by atoms with Crippen molar-refractivity contribution in [1.29, 1.82) is 0 Å². The van der Waals surface area contributed by atoms with Gasteiger partial charge < -0.3 is 5.32 Å². The van der Waals surface area contributed by atoms with Crippen molar-refractivity contribution in [3.8, 4) is 0 Å². The van der Waals surface area contributed by atoms with E-state index in [0.717, 1.165) is 6.42 Å². The molecule has 1 rings (SSSR count). The van der Waals surface area contributed by atoms with E-state index in [1.54, 1.807) is 6.20 Å². The van der Waals surface area contributed by atoms with E-state index in [4.69, 9.17) is 0 Å². The number of carbonyl (C=O) groups excluding carboxylic acids is 1. The minimum atomic E-state index is 0.143. The predicted molar refractivity (Wildman–Crippen MR) is 35.7 cm³/mol. The minimum Gasteiger partial charge on any atom is -0.333 e. The number of carbonyl (C=O) groups is 1. The van der Waals surface area contributed by atoms with E-state index >= 15 is 0 Å². The normalized spacial score (nSPS) is 25.9. The summed E-state index contributed by atoms with van der Waals surface area (Å²) in [6.07, 6.45) is 5.50. The van der Waals surface area contributed by atoms with Crippen LogP contribution in [0.25, 0.3) is 0 Å². The zero-order valence-corrected chi connectivity index (χ0v) is 5.55. The van der Waals surface area contributed by atoms with E-state index in [1.165, 1.54) is 0 Å². The van der Waals surface area contributed by atoms with Crippen LogP contribution in [-0.4, -0.2) is 5.91 Å². The highest BCUT2D eigenvalue weighted by Crippen LogP contribution is 2.11. The van der Waals surface area contributed by atoms with Gasteiger partial charge in [-0.3, -0.25) is 4.79 Å². The smallest absolute Gasteiger partial charge is 0.224 e. The lowest BCUT2D eigenvalue weighted by atomic mass is 10.0. The summed E-state index contributed by atoms with van der Waals surface area (Å²) in [4.78, 5) is 10.7. The van der Waals surface area contributed by atoms with Crippen LogP contribution in [0.4, 0.5) is 0 Å². The van der Waals surface area contributed by atoms with Crippen LogP contribution in [0, 0.1) is 5.92 Å². The van der Waals surface area contributed by atoms with Crippen molar-refractivity contribution in [1.82, 2.24) is 5.32 Å². The molecule has 1 amide bonds. The first kappa shape index (κ1) is 6.33. The molecule has 1 aliphatic heterocycles. The highest BCUT2D eigenvalue weighted by molar-refractivity contribution is 5.78. The summed E-state index contributed by atoms with van der Waals surface area (Å²) in [6.45, 7) is 2.09. The molecule has 0 fully saturated rings. The number of rotatable bonds is 1. The van der Waals surface area contributed by atoms with Gasteiger partial charge >= 0.3 is 0 Å². The van der Waals surface area contributed by atoms with Gasteiger partial charge in [-0.15, -0.1) is 0 Å². The Morgan fingerprint density at radius 2 is 2.67 bits per heavy atom. The van der Waals surface area contributed by atoms with Gasteiger partial charge in [-0.05, 0) is 12.3 Å². The zero-order valence-electron chi connectivity index (χ0n) is 5.55. The van der Waals surface area contributed by atoms with Crippen molar-refractivity contribution in [3.63, 3.8) is 0 Å². The van der Waals surface area contributed by atoms with Gasteiger partial charge in [-0.2, -0.15) is 0 Å².